The molecule has 0 aromatic carbocycles. The van der Waals surface area contributed by atoms with E-state index in [-0.39, 0.29) is 6.61 Å². The predicted molar refractivity (Wildman–Crippen MR) is 94.3 cm³/mol. The first kappa shape index (κ1) is 16.2. The van der Waals surface area contributed by atoms with E-state index in [0.29, 0.717) is 6.04 Å². The van der Waals surface area contributed by atoms with Crippen LogP contribution in [0, 0.1) is 5.92 Å². The van der Waals surface area contributed by atoms with Crippen LogP contribution in [-0.4, -0.2) is 71.9 Å². The fourth-order valence-electron chi connectivity index (χ4n) is 4.11. The standard InChI is InChI=1S/C18H29N5O/c24-10-5-15-12-23(9-8-22(15)11-14-1-2-14)18-16-3-6-19-7-4-17(16)20-13-21-18/h13-15,19,24H,1-12H2. The second kappa shape index (κ2) is 7.33. The van der Waals surface area contributed by atoms with Gasteiger partial charge in [-0.2, -0.15) is 0 Å². The monoisotopic (exact) mass is 331 g/mol. The van der Waals surface area contributed by atoms with E-state index in [9.17, 15) is 5.11 Å². The zero-order valence-electron chi connectivity index (χ0n) is 14.5. The lowest BCUT2D eigenvalue weighted by Crippen LogP contribution is -2.54. The van der Waals surface area contributed by atoms with Gasteiger partial charge in [-0.05, 0) is 38.1 Å². The summed E-state index contributed by atoms with van der Waals surface area (Å²) >= 11 is 0. The largest absolute Gasteiger partial charge is 0.396 e. The Labute approximate surface area is 144 Å². The van der Waals surface area contributed by atoms with Gasteiger partial charge >= 0.3 is 0 Å². The number of aliphatic hydroxyl groups excluding tert-OH is 1. The molecular formula is C18H29N5O. The summed E-state index contributed by atoms with van der Waals surface area (Å²) in [5.74, 6) is 2.04. The van der Waals surface area contributed by atoms with Crippen LogP contribution in [0.2, 0.25) is 0 Å². The number of aromatic nitrogens is 2. The topological polar surface area (TPSA) is 64.5 Å². The summed E-state index contributed by atoms with van der Waals surface area (Å²) in [7, 11) is 0. The third-order valence-corrected chi connectivity index (χ3v) is 5.66. The third kappa shape index (κ3) is 3.55. The average Bonchev–Trinajstić information content (AvgIpc) is 3.42. The molecule has 4 rings (SSSR count). The Morgan fingerprint density at radius 1 is 1.17 bits per heavy atom. The highest BCUT2D eigenvalue weighted by Gasteiger charge is 2.33. The lowest BCUT2D eigenvalue weighted by atomic mass is 10.1. The van der Waals surface area contributed by atoms with Crippen molar-refractivity contribution >= 4 is 5.82 Å². The van der Waals surface area contributed by atoms with Crippen LogP contribution in [-0.2, 0) is 12.8 Å². The summed E-state index contributed by atoms with van der Waals surface area (Å²) in [5.41, 5.74) is 2.55. The summed E-state index contributed by atoms with van der Waals surface area (Å²) in [6.07, 6.45) is 7.37. The molecule has 1 aromatic heterocycles. The van der Waals surface area contributed by atoms with Gasteiger partial charge in [-0.3, -0.25) is 4.90 Å². The van der Waals surface area contributed by atoms with Crippen LogP contribution in [0.5, 0.6) is 0 Å². The minimum Gasteiger partial charge on any atom is -0.396 e. The molecule has 6 heteroatoms. The second-order valence-corrected chi connectivity index (χ2v) is 7.42. The first-order chi connectivity index (χ1) is 11.8. The summed E-state index contributed by atoms with van der Waals surface area (Å²) < 4.78 is 0. The quantitative estimate of drug-likeness (QED) is 0.817. The fraction of sp³-hybridized carbons (Fsp3) is 0.778. The van der Waals surface area contributed by atoms with Crippen LogP contribution in [0.25, 0.3) is 0 Å². The van der Waals surface area contributed by atoms with Gasteiger partial charge in [0.05, 0.1) is 5.69 Å². The summed E-state index contributed by atoms with van der Waals surface area (Å²) in [6, 6.07) is 0.443. The molecular weight excluding hydrogens is 302 g/mol. The van der Waals surface area contributed by atoms with Crippen LogP contribution in [0.15, 0.2) is 6.33 Å². The van der Waals surface area contributed by atoms with Crippen molar-refractivity contribution in [2.24, 2.45) is 5.92 Å². The molecule has 3 aliphatic rings. The average molecular weight is 331 g/mol. The SMILES string of the molecule is OCCC1CN(c2ncnc3c2CCNCC3)CCN1CC1CC1. The minimum atomic E-state index is 0.269. The van der Waals surface area contributed by atoms with Gasteiger partial charge in [0.25, 0.3) is 0 Å². The van der Waals surface area contributed by atoms with E-state index in [0.717, 1.165) is 63.7 Å². The zero-order valence-corrected chi connectivity index (χ0v) is 14.5. The molecule has 1 saturated carbocycles. The maximum Gasteiger partial charge on any atom is 0.135 e. The van der Waals surface area contributed by atoms with Crippen LogP contribution in [0.4, 0.5) is 5.82 Å². The number of nitrogens with one attached hydrogen (secondary N) is 1. The highest BCUT2D eigenvalue weighted by Crippen LogP contribution is 2.32. The lowest BCUT2D eigenvalue weighted by Gasteiger charge is -2.42. The first-order valence-corrected chi connectivity index (χ1v) is 9.48. The summed E-state index contributed by atoms with van der Waals surface area (Å²) in [4.78, 5) is 14.2. The number of aliphatic hydroxyl groups is 1. The summed E-state index contributed by atoms with van der Waals surface area (Å²) in [6.45, 7) is 6.59. The second-order valence-electron chi connectivity index (χ2n) is 7.42. The van der Waals surface area contributed by atoms with Gasteiger partial charge < -0.3 is 15.3 Å². The maximum atomic E-state index is 9.49. The van der Waals surface area contributed by atoms with E-state index in [1.165, 1.54) is 30.6 Å². The summed E-state index contributed by atoms with van der Waals surface area (Å²) in [5, 5.41) is 13.0. The van der Waals surface area contributed by atoms with Gasteiger partial charge in [0.2, 0.25) is 0 Å². The number of rotatable bonds is 5. The number of hydrogen-bond donors (Lipinski definition) is 2. The van der Waals surface area contributed by atoms with Crippen LogP contribution < -0.4 is 10.2 Å². The van der Waals surface area contributed by atoms with Crippen molar-refractivity contribution in [2.75, 3.05) is 50.8 Å². The third-order valence-electron chi connectivity index (χ3n) is 5.66. The van der Waals surface area contributed by atoms with Crippen molar-refractivity contribution in [3.63, 3.8) is 0 Å². The fourth-order valence-corrected chi connectivity index (χ4v) is 4.11. The zero-order chi connectivity index (χ0) is 16.4. The first-order valence-electron chi connectivity index (χ1n) is 9.48. The number of nitrogens with zero attached hydrogens (tertiary/aromatic N) is 4. The van der Waals surface area contributed by atoms with Gasteiger partial charge in [-0.1, -0.05) is 0 Å². The minimum absolute atomic E-state index is 0.269. The Bertz CT molecular complexity index is 562. The molecule has 2 fully saturated rings. The molecule has 6 nitrogen and oxygen atoms in total. The Hall–Kier alpha value is -1.24. The van der Waals surface area contributed by atoms with E-state index in [1.807, 2.05) is 0 Å². The highest BCUT2D eigenvalue weighted by molar-refractivity contribution is 5.50. The molecule has 132 valence electrons. The van der Waals surface area contributed by atoms with E-state index in [4.69, 9.17) is 0 Å². The van der Waals surface area contributed by atoms with Crippen LogP contribution >= 0.6 is 0 Å². The molecule has 3 heterocycles. The van der Waals surface area contributed by atoms with Gasteiger partial charge in [0.15, 0.2) is 0 Å². The number of piperazine rings is 1. The number of fused-ring (bicyclic) bond motifs is 1. The van der Waals surface area contributed by atoms with Crippen molar-refractivity contribution in [1.29, 1.82) is 0 Å². The van der Waals surface area contributed by atoms with Crippen LogP contribution in [0.1, 0.15) is 30.5 Å². The molecule has 2 N–H and O–H groups in total. The Morgan fingerprint density at radius 3 is 2.88 bits per heavy atom. The number of anilines is 1. The van der Waals surface area contributed by atoms with Crippen molar-refractivity contribution in [3.8, 4) is 0 Å². The molecule has 1 aromatic rings. The molecule has 0 radical (unpaired) electrons. The van der Waals surface area contributed by atoms with Gasteiger partial charge in [0, 0.05) is 57.4 Å². The Balaban J connectivity index is 1.52. The van der Waals surface area contributed by atoms with Crippen molar-refractivity contribution < 1.29 is 5.11 Å². The molecule has 0 spiro atoms. The van der Waals surface area contributed by atoms with Crippen molar-refractivity contribution in [2.45, 2.75) is 38.1 Å². The van der Waals surface area contributed by atoms with E-state index in [2.05, 4.69) is 25.1 Å². The number of hydrogen-bond acceptors (Lipinski definition) is 6. The van der Waals surface area contributed by atoms with Gasteiger partial charge in [0.1, 0.15) is 12.1 Å². The maximum absolute atomic E-state index is 9.49. The van der Waals surface area contributed by atoms with Crippen LogP contribution in [0.3, 0.4) is 0 Å². The predicted octanol–water partition coefficient (Wildman–Crippen LogP) is 0.448. The highest BCUT2D eigenvalue weighted by atomic mass is 16.3. The van der Waals surface area contributed by atoms with Crippen molar-refractivity contribution in [1.82, 2.24) is 20.2 Å². The molecule has 1 atom stereocenters. The molecule has 24 heavy (non-hydrogen) atoms. The molecule has 0 bridgehead atoms. The Kier molecular flexibility index (Phi) is 4.96. The lowest BCUT2D eigenvalue weighted by molar-refractivity contribution is 0.136. The van der Waals surface area contributed by atoms with E-state index in [1.54, 1.807) is 6.33 Å². The molecule has 0 amide bonds. The molecule has 1 unspecified atom stereocenters. The van der Waals surface area contributed by atoms with Gasteiger partial charge in [-0.25, -0.2) is 9.97 Å². The smallest absolute Gasteiger partial charge is 0.135 e. The van der Waals surface area contributed by atoms with Crippen molar-refractivity contribution in [3.05, 3.63) is 17.6 Å². The normalized spacial score (nSPS) is 25.4. The van der Waals surface area contributed by atoms with Gasteiger partial charge in [-0.15, -0.1) is 0 Å². The molecule has 1 saturated heterocycles. The molecule has 2 aliphatic heterocycles. The van der Waals surface area contributed by atoms with E-state index >= 15 is 0 Å². The van der Waals surface area contributed by atoms with E-state index < -0.39 is 0 Å². The molecule has 1 aliphatic carbocycles. The Morgan fingerprint density at radius 2 is 2.04 bits per heavy atom.